The molecule has 1 N–H and O–H groups in total. The van der Waals surface area contributed by atoms with Crippen LogP contribution in [-0.4, -0.2) is 24.1 Å². The molecule has 0 aliphatic heterocycles. The maximum absolute atomic E-state index is 10.7. The largest absolute Gasteiger partial charge is 0.496 e. The molecule has 0 bridgehead atoms. The van der Waals surface area contributed by atoms with Crippen LogP contribution in [0.25, 0.3) is 6.08 Å². The lowest BCUT2D eigenvalue weighted by Crippen LogP contribution is -2.02. The number of hydrogen-bond acceptors (Lipinski definition) is 2. The molecule has 0 aliphatic rings. The summed E-state index contributed by atoms with van der Waals surface area (Å²) in [4.78, 5) is 10.7. The van der Waals surface area contributed by atoms with Crippen LogP contribution in [0.4, 0.5) is 0 Å². The zero-order valence-electron chi connectivity index (χ0n) is 9.65. The second-order valence-corrected chi connectivity index (χ2v) is 3.90. The predicted molar refractivity (Wildman–Crippen MR) is 68.7 cm³/mol. The molecule has 0 saturated heterocycles. The Morgan fingerprint density at radius 1 is 1.53 bits per heavy atom. The van der Waals surface area contributed by atoms with E-state index in [-0.39, 0.29) is 6.42 Å². The summed E-state index contributed by atoms with van der Waals surface area (Å²) in [7, 11) is 1.53. The van der Waals surface area contributed by atoms with Crippen LogP contribution in [0.3, 0.4) is 0 Å². The van der Waals surface area contributed by atoms with Crippen LogP contribution in [0.5, 0.6) is 5.75 Å². The number of rotatable bonds is 6. The third-order valence-corrected chi connectivity index (χ3v) is 2.45. The Balaban J connectivity index is 2.91. The number of ether oxygens (including phenoxy) is 1. The number of methoxy groups -OCH3 is 1. The minimum atomic E-state index is -0.870. The fourth-order valence-electron chi connectivity index (χ4n) is 1.49. The molecule has 1 aromatic rings. The molecule has 1 rings (SSSR count). The van der Waals surface area contributed by atoms with Crippen molar-refractivity contribution in [2.24, 2.45) is 0 Å². The van der Waals surface area contributed by atoms with Crippen molar-refractivity contribution in [1.82, 2.24) is 0 Å². The molecule has 0 atom stereocenters. The number of aliphatic carboxylic acids is 1. The number of halogens is 1. The third-order valence-electron chi connectivity index (χ3n) is 2.23. The Morgan fingerprint density at radius 3 is 2.88 bits per heavy atom. The summed E-state index contributed by atoms with van der Waals surface area (Å²) < 4.78 is 5.12. The van der Waals surface area contributed by atoms with Crippen LogP contribution < -0.4 is 4.74 Å². The average molecular weight is 255 g/mol. The Hall–Kier alpha value is -1.48. The van der Waals surface area contributed by atoms with Gasteiger partial charge in [-0.1, -0.05) is 18.2 Å². The second kappa shape index (κ2) is 6.97. The zero-order chi connectivity index (χ0) is 12.7. The molecule has 0 unspecified atom stereocenters. The predicted octanol–water partition coefficient (Wildman–Crippen LogP) is 2.96. The van der Waals surface area contributed by atoms with Crippen molar-refractivity contribution >= 4 is 23.6 Å². The van der Waals surface area contributed by atoms with Gasteiger partial charge in [-0.3, -0.25) is 4.79 Å². The molecule has 1 aromatic carbocycles. The molecule has 0 aromatic heterocycles. The maximum Gasteiger partial charge on any atom is 0.307 e. The summed E-state index contributed by atoms with van der Waals surface area (Å²) in [5.41, 5.74) is 1.63. The Kier molecular flexibility index (Phi) is 5.57. The van der Waals surface area contributed by atoms with E-state index in [1.54, 1.807) is 6.07 Å². The fourth-order valence-corrected chi connectivity index (χ4v) is 1.61. The number of alkyl halides is 1. The van der Waals surface area contributed by atoms with Gasteiger partial charge in [0.05, 0.1) is 13.5 Å². The highest BCUT2D eigenvalue weighted by atomic mass is 35.5. The molecule has 0 heterocycles. The first-order valence-electron chi connectivity index (χ1n) is 5.28. The van der Waals surface area contributed by atoms with Gasteiger partial charge in [0, 0.05) is 11.4 Å². The maximum atomic E-state index is 10.7. The van der Waals surface area contributed by atoms with Gasteiger partial charge in [-0.05, 0) is 24.1 Å². The zero-order valence-corrected chi connectivity index (χ0v) is 10.4. The third kappa shape index (κ3) is 4.49. The first kappa shape index (κ1) is 13.6. The van der Waals surface area contributed by atoms with Gasteiger partial charge in [0.1, 0.15) is 5.75 Å². The summed E-state index contributed by atoms with van der Waals surface area (Å²) in [5, 5.41) is 8.80. The van der Waals surface area contributed by atoms with Crippen molar-refractivity contribution in [1.29, 1.82) is 0 Å². The lowest BCUT2D eigenvalue weighted by Gasteiger charge is -2.07. The molecular weight excluding hydrogens is 240 g/mol. The van der Waals surface area contributed by atoms with Crippen LogP contribution in [0, 0.1) is 0 Å². The highest BCUT2D eigenvalue weighted by molar-refractivity contribution is 6.17. The SMILES string of the molecule is COc1ccc(C=CCCCl)cc1CC(=O)O. The van der Waals surface area contributed by atoms with Crippen molar-refractivity contribution in [2.75, 3.05) is 13.0 Å². The molecule has 0 amide bonds. The Labute approximate surface area is 106 Å². The van der Waals surface area contributed by atoms with Gasteiger partial charge in [-0.15, -0.1) is 11.6 Å². The van der Waals surface area contributed by atoms with Crippen LogP contribution in [-0.2, 0) is 11.2 Å². The van der Waals surface area contributed by atoms with Crippen molar-refractivity contribution in [3.8, 4) is 5.75 Å². The van der Waals surface area contributed by atoms with Crippen LogP contribution >= 0.6 is 11.6 Å². The second-order valence-electron chi connectivity index (χ2n) is 3.52. The molecule has 0 spiro atoms. The van der Waals surface area contributed by atoms with Gasteiger partial charge in [-0.25, -0.2) is 0 Å². The molecule has 0 aliphatic carbocycles. The molecule has 3 nitrogen and oxygen atoms in total. The standard InChI is InChI=1S/C13H15ClO3/c1-17-12-6-5-10(4-2-3-7-14)8-11(12)9-13(15)16/h2,4-6,8H,3,7,9H2,1H3,(H,15,16). The number of carboxylic acids is 1. The molecule has 92 valence electrons. The lowest BCUT2D eigenvalue weighted by atomic mass is 10.1. The molecular formula is C13H15ClO3. The van der Waals surface area contributed by atoms with Gasteiger partial charge in [0.2, 0.25) is 0 Å². The van der Waals surface area contributed by atoms with Crippen LogP contribution in [0.2, 0.25) is 0 Å². The first-order chi connectivity index (χ1) is 8.17. The summed E-state index contributed by atoms with van der Waals surface area (Å²) in [6.07, 6.45) is 4.63. The van der Waals surface area contributed by atoms with Gasteiger partial charge < -0.3 is 9.84 Å². The summed E-state index contributed by atoms with van der Waals surface area (Å²) in [5.74, 6) is 0.307. The Morgan fingerprint density at radius 2 is 2.29 bits per heavy atom. The number of carbonyl (C=O) groups is 1. The van der Waals surface area contributed by atoms with Crippen LogP contribution in [0.15, 0.2) is 24.3 Å². The van der Waals surface area contributed by atoms with E-state index < -0.39 is 5.97 Å². The minimum Gasteiger partial charge on any atom is -0.496 e. The normalized spacial score (nSPS) is 10.7. The number of benzene rings is 1. The van der Waals surface area contributed by atoms with E-state index in [0.29, 0.717) is 17.2 Å². The van der Waals surface area contributed by atoms with E-state index in [9.17, 15) is 4.79 Å². The van der Waals surface area contributed by atoms with Gasteiger partial charge >= 0.3 is 5.97 Å². The molecule has 0 saturated carbocycles. The van der Waals surface area contributed by atoms with E-state index >= 15 is 0 Å². The average Bonchev–Trinajstić information content (AvgIpc) is 2.29. The summed E-state index contributed by atoms with van der Waals surface area (Å²) >= 11 is 5.57. The van der Waals surface area contributed by atoms with E-state index in [1.165, 1.54) is 7.11 Å². The fraction of sp³-hybridized carbons (Fsp3) is 0.308. The topological polar surface area (TPSA) is 46.5 Å². The van der Waals surface area contributed by atoms with Crippen molar-refractivity contribution in [3.63, 3.8) is 0 Å². The number of hydrogen-bond donors (Lipinski definition) is 1. The monoisotopic (exact) mass is 254 g/mol. The number of allylic oxidation sites excluding steroid dienone is 1. The summed E-state index contributed by atoms with van der Waals surface area (Å²) in [6.45, 7) is 0. The van der Waals surface area contributed by atoms with Crippen molar-refractivity contribution in [2.45, 2.75) is 12.8 Å². The van der Waals surface area contributed by atoms with Gasteiger partial charge in [-0.2, -0.15) is 0 Å². The van der Waals surface area contributed by atoms with E-state index in [4.69, 9.17) is 21.4 Å². The van der Waals surface area contributed by atoms with Crippen LogP contribution in [0.1, 0.15) is 17.5 Å². The van der Waals surface area contributed by atoms with Crippen molar-refractivity contribution in [3.05, 3.63) is 35.4 Å². The molecule has 0 fully saturated rings. The lowest BCUT2D eigenvalue weighted by molar-refractivity contribution is -0.136. The van der Waals surface area contributed by atoms with E-state index in [0.717, 1.165) is 12.0 Å². The molecule has 0 radical (unpaired) electrons. The molecule has 4 heteroatoms. The van der Waals surface area contributed by atoms with Gasteiger partial charge in [0.15, 0.2) is 0 Å². The van der Waals surface area contributed by atoms with Crippen molar-refractivity contribution < 1.29 is 14.6 Å². The Bertz CT molecular complexity index is 413. The quantitative estimate of drug-likeness (QED) is 0.794. The highest BCUT2D eigenvalue weighted by Gasteiger charge is 2.07. The van der Waals surface area contributed by atoms with Gasteiger partial charge in [0.25, 0.3) is 0 Å². The molecule has 17 heavy (non-hydrogen) atoms. The van der Waals surface area contributed by atoms with E-state index in [1.807, 2.05) is 24.3 Å². The number of carboxylic acid groups (broad SMARTS) is 1. The highest BCUT2D eigenvalue weighted by Crippen LogP contribution is 2.21. The smallest absolute Gasteiger partial charge is 0.307 e. The summed E-state index contributed by atoms with van der Waals surface area (Å²) in [6, 6.07) is 5.48. The first-order valence-corrected chi connectivity index (χ1v) is 5.82. The minimum absolute atomic E-state index is 0.0413. The van der Waals surface area contributed by atoms with E-state index in [2.05, 4.69) is 0 Å².